The molecular weight excluding hydrogens is 204 g/mol. The predicted octanol–water partition coefficient (Wildman–Crippen LogP) is 3.32. The van der Waals surface area contributed by atoms with Gasteiger partial charge in [-0.3, -0.25) is 4.79 Å². The van der Waals surface area contributed by atoms with Crippen LogP contribution in [0.4, 0.5) is 0 Å². The molecule has 0 saturated carbocycles. The van der Waals surface area contributed by atoms with Gasteiger partial charge in [-0.25, -0.2) is 0 Å². The number of unbranched alkanes of at least 4 members (excludes halogenated alkanes) is 3. The number of carbonyl (C=O) groups excluding carboxylic acids is 1. The van der Waals surface area contributed by atoms with Gasteiger partial charge in [0.2, 0.25) is 0 Å². The largest absolute Gasteiger partial charge is 0.466 e. The van der Waals surface area contributed by atoms with E-state index in [9.17, 15) is 4.79 Å². The fourth-order valence-electron chi connectivity index (χ4n) is 1.29. The zero-order chi connectivity index (χ0) is 12.1. The van der Waals surface area contributed by atoms with Crippen LogP contribution >= 0.6 is 0 Å². The van der Waals surface area contributed by atoms with E-state index in [1.165, 1.54) is 0 Å². The van der Waals surface area contributed by atoms with Gasteiger partial charge in [0, 0.05) is 26.1 Å². The minimum absolute atomic E-state index is 0.0676. The number of hydrogen-bond acceptors (Lipinski definition) is 3. The molecule has 0 rings (SSSR count). The summed E-state index contributed by atoms with van der Waals surface area (Å²) in [6.45, 7) is 6.28. The second kappa shape index (κ2) is 12.5. The van der Waals surface area contributed by atoms with Gasteiger partial charge in [0.25, 0.3) is 0 Å². The molecule has 0 bridgehead atoms. The van der Waals surface area contributed by atoms with Crippen molar-refractivity contribution < 1.29 is 14.3 Å². The summed E-state index contributed by atoms with van der Waals surface area (Å²) in [5, 5.41) is 0. The summed E-state index contributed by atoms with van der Waals surface area (Å²) in [5.74, 6) is -0.0676. The highest BCUT2D eigenvalue weighted by molar-refractivity contribution is 5.69. The van der Waals surface area contributed by atoms with Gasteiger partial charge in [-0.15, -0.1) is 0 Å². The first-order valence-corrected chi connectivity index (χ1v) is 6.54. The standard InChI is InChI=1S/C13H26O3/c1-3-5-7-9-13(14)16-12-8-11-15-10-6-4-2/h3-12H2,1-2H3. The van der Waals surface area contributed by atoms with E-state index >= 15 is 0 Å². The Morgan fingerprint density at radius 3 is 2.25 bits per heavy atom. The lowest BCUT2D eigenvalue weighted by Crippen LogP contribution is -2.08. The molecule has 0 unspecified atom stereocenters. The summed E-state index contributed by atoms with van der Waals surface area (Å²) in [5.41, 5.74) is 0. The molecule has 0 aromatic heterocycles. The zero-order valence-corrected chi connectivity index (χ0v) is 10.8. The second-order valence-corrected chi connectivity index (χ2v) is 4.00. The molecule has 0 atom stereocenters. The molecular formula is C13H26O3. The van der Waals surface area contributed by atoms with Crippen molar-refractivity contribution in [3.8, 4) is 0 Å². The Labute approximate surface area is 99.5 Å². The number of esters is 1. The molecule has 0 aliphatic heterocycles. The molecule has 3 heteroatoms. The van der Waals surface area contributed by atoms with E-state index in [0.717, 1.165) is 45.1 Å². The van der Waals surface area contributed by atoms with Gasteiger partial charge in [-0.1, -0.05) is 33.1 Å². The first kappa shape index (κ1) is 15.4. The predicted molar refractivity (Wildman–Crippen MR) is 65.4 cm³/mol. The molecule has 16 heavy (non-hydrogen) atoms. The van der Waals surface area contributed by atoms with Crippen LogP contribution in [0.15, 0.2) is 0 Å². The van der Waals surface area contributed by atoms with Crippen molar-refractivity contribution in [1.29, 1.82) is 0 Å². The summed E-state index contributed by atoms with van der Waals surface area (Å²) in [6.07, 6.45) is 6.83. The maximum atomic E-state index is 11.2. The Morgan fingerprint density at radius 1 is 0.875 bits per heavy atom. The molecule has 0 amide bonds. The zero-order valence-electron chi connectivity index (χ0n) is 10.8. The first-order valence-electron chi connectivity index (χ1n) is 6.54. The third-order valence-electron chi connectivity index (χ3n) is 2.32. The van der Waals surface area contributed by atoms with Crippen LogP contribution in [-0.2, 0) is 14.3 Å². The highest BCUT2D eigenvalue weighted by atomic mass is 16.5. The third kappa shape index (κ3) is 11.5. The second-order valence-electron chi connectivity index (χ2n) is 4.00. The lowest BCUT2D eigenvalue weighted by molar-refractivity contribution is -0.144. The molecule has 3 nitrogen and oxygen atoms in total. The molecule has 96 valence electrons. The molecule has 0 fully saturated rings. The van der Waals surface area contributed by atoms with Crippen LogP contribution in [-0.4, -0.2) is 25.8 Å². The van der Waals surface area contributed by atoms with Gasteiger partial charge in [0.15, 0.2) is 0 Å². The van der Waals surface area contributed by atoms with Gasteiger partial charge in [-0.2, -0.15) is 0 Å². The van der Waals surface area contributed by atoms with Gasteiger partial charge in [0.1, 0.15) is 0 Å². The summed E-state index contributed by atoms with van der Waals surface area (Å²) >= 11 is 0. The molecule has 0 saturated heterocycles. The lowest BCUT2D eigenvalue weighted by Gasteiger charge is -2.05. The molecule has 0 aromatic rings. The molecule has 0 radical (unpaired) electrons. The van der Waals surface area contributed by atoms with Gasteiger partial charge in [-0.05, 0) is 12.8 Å². The number of hydrogen-bond donors (Lipinski definition) is 0. The van der Waals surface area contributed by atoms with Crippen LogP contribution in [0, 0.1) is 0 Å². The van der Waals surface area contributed by atoms with Gasteiger partial charge >= 0.3 is 5.97 Å². The van der Waals surface area contributed by atoms with E-state index in [2.05, 4.69) is 13.8 Å². The number of ether oxygens (including phenoxy) is 2. The summed E-state index contributed by atoms with van der Waals surface area (Å²) in [4.78, 5) is 11.2. The average molecular weight is 230 g/mol. The molecule has 0 aliphatic carbocycles. The normalized spacial score (nSPS) is 10.4. The van der Waals surface area contributed by atoms with Crippen molar-refractivity contribution in [2.45, 2.75) is 58.8 Å². The van der Waals surface area contributed by atoms with Crippen molar-refractivity contribution in [3.63, 3.8) is 0 Å². The molecule has 0 aromatic carbocycles. The third-order valence-corrected chi connectivity index (χ3v) is 2.32. The number of rotatable bonds is 11. The highest BCUT2D eigenvalue weighted by Crippen LogP contribution is 2.00. The van der Waals surface area contributed by atoms with Crippen LogP contribution in [0.3, 0.4) is 0 Å². The average Bonchev–Trinajstić information content (AvgIpc) is 2.28. The van der Waals surface area contributed by atoms with E-state index in [4.69, 9.17) is 9.47 Å². The van der Waals surface area contributed by atoms with Gasteiger partial charge < -0.3 is 9.47 Å². The van der Waals surface area contributed by atoms with Crippen molar-refractivity contribution in [2.24, 2.45) is 0 Å². The van der Waals surface area contributed by atoms with Crippen LogP contribution in [0.25, 0.3) is 0 Å². The lowest BCUT2D eigenvalue weighted by atomic mass is 10.2. The Bertz CT molecular complexity index is 157. The van der Waals surface area contributed by atoms with Crippen LogP contribution in [0.2, 0.25) is 0 Å². The van der Waals surface area contributed by atoms with E-state index in [1.807, 2.05) is 0 Å². The van der Waals surface area contributed by atoms with Crippen molar-refractivity contribution in [1.82, 2.24) is 0 Å². The summed E-state index contributed by atoms with van der Waals surface area (Å²) in [6, 6.07) is 0. The molecule has 0 aliphatic rings. The minimum atomic E-state index is -0.0676. The van der Waals surface area contributed by atoms with Gasteiger partial charge in [0.05, 0.1) is 6.61 Å². The minimum Gasteiger partial charge on any atom is -0.466 e. The number of carbonyl (C=O) groups is 1. The highest BCUT2D eigenvalue weighted by Gasteiger charge is 2.01. The Kier molecular flexibility index (Phi) is 12.1. The van der Waals surface area contributed by atoms with E-state index in [-0.39, 0.29) is 5.97 Å². The van der Waals surface area contributed by atoms with Crippen molar-refractivity contribution in [2.75, 3.05) is 19.8 Å². The van der Waals surface area contributed by atoms with E-state index < -0.39 is 0 Å². The van der Waals surface area contributed by atoms with Crippen LogP contribution < -0.4 is 0 Å². The fraction of sp³-hybridized carbons (Fsp3) is 0.923. The smallest absolute Gasteiger partial charge is 0.305 e. The quantitative estimate of drug-likeness (QED) is 0.403. The van der Waals surface area contributed by atoms with Crippen molar-refractivity contribution in [3.05, 3.63) is 0 Å². The maximum Gasteiger partial charge on any atom is 0.305 e. The fourth-order valence-corrected chi connectivity index (χ4v) is 1.29. The van der Waals surface area contributed by atoms with Crippen LogP contribution in [0.1, 0.15) is 58.8 Å². The van der Waals surface area contributed by atoms with Crippen LogP contribution in [0.5, 0.6) is 0 Å². The molecule has 0 heterocycles. The Balaban J connectivity index is 3.09. The first-order chi connectivity index (χ1) is 7.81. The summed E-state index contributed by atoms with van der Waals surface area (Å²) < 4.78 is 10.4. The Hall–Kier alpha value is -0.570. The topological polar surface area (TPSA) is 35.5 Å². The van der Waals surface area contributed by atoms with E-state index in [0.29, 0.717) is 19.6 Å². The maximum absolute atomic E-state index is 11.2. The monoisotopic (exact) mass is 230 g/mol. The SMILES string of the molecule is CCCCCC(=O)OCCCOCCCC. The molecule has 0 spiro atoms. The van der Waals surface area contributed by atoms with Crippen molar-refractivity contribution >= 4 is 5.97 Å². The van der Waals surface area contributed by atoms with E-state index in [1.54, 1.807) is 0 Å². The molecule has 0 N–H and O–H groups in total. The summed E-state index contributed by atoms with van der Waals surface area (Å²) in [7, 11) is 0. The Morgan fingerprint density at radius 2 is 1.56 bits per heavy atom.